The van der Waals surface area contributed by atoms with Crippen LogP contribution in [0.3, 0.4) is 0 Å². The van der Waals surface area contributed by atoms with E-state index in [1.54, 1.807) is 26.8 Å². The lowest BCUT2D eigenvalue weighted by Crippen LogP contribution is -2.32. The first-order chi connectivity index (χ1) is 12.3. The van der Waals surface area contributed by atoms with Crippen molar-refractivity contribution in [3.05, 3.63) is 59.7 Å². The number of nitrogens with zero attached hydrogens (tertiary/aromatic N) is 3. The summed E-state index contributed by atoms with van der Waals surface area (Å²) in [7, 11) is 0. The number of benzene rings is 2. The van der Waals surface area contributed by atoms with Gasteiger partial charge in [0.2, 0.25) is 0 Å². The van der Waals surface area contributed by atoms with Crippen molar-refractivity contribution in [2.75, 3.05) is 5.43 Å². The van der Waals surface area contributed by atoms with Gasteiger partial charge in [-0.15, -0.1) is 9.89 Å². The Kier molecular flexibility index (Phi) is 4.90. The molecule has 3 aromatic rings. The summed E-state index contributed by atoms with van der Waals surface area (Å²) in [5.41, 5.74) is 4.86. The third kappa shape index (κ3) is 4.18. The van der Waals surface area contributed by atoms with Gasteiger partial charge in [-0.3, -0.25) is 0 Å². The van der Waals surface area contributed by atoms with E-state index in [0.717, 1.165) is 11.1 Å². The molecule has 0 saturated carbocycles. The minimum Gasteiger partial charge on any atom is -0.443 e. The lowest BCUT2D eigenvalue weighted by atomic mass is 10.0. The molecule has 0 radical (unpaired) electrons. The Labute approximate surface area is 151 Å². The fraction of sp³-hybridized carbons (Fsp3) is 0.316. The number of para-hydroxylation sites is 1. The van der Waals surface area contributed by atoms with Crippen molar-refractivity contribution in [1.82, 2.24) is 15.1 Å². The van der Waals surface area contributed by atoms with Crippen molar-refractivity contribution < 1.29 is 14.6 Å². The van der Waals surface area contributed by atoms with Crippen LogP contribution in [-0.4, -0.2) is 31.9 Å². The molecule has 1 aromatic heterocycles. The van der Waals surface area contributed by atoms with Crippen molar-refractivity contribution in [2.24, 2.45) is 0 Å². The molecule has 0 aliphatic rings. The van der Waals surface area contributed by atoms with E-state index < -0.39 is 17.8 Å². The van der Waals surface area contributed by atoms with Crippen LogP contribution in [0.2, 0.25) is 0 Å². The molecule has 1 heterocycles. The molecule has 2 N–H and O–H groups in total. The van der Waals surface area contributed by atoms with Gasteiger partial charge in [-0.05, 0) is 43.2 Å². The third-order valence-corrected chi connectivity index (χ3v) is 3.75. The largest absolute Gasteiger partial charge is 0.443 e. The number of aromatic nitrogens is 3. The summed E-state index contributed by atoms with van der Waals surface area (Å²) in [6, 6.07) is 14.9. The van der Waals surface area contributed by atoms with Crippen LogP contribution in [0.5, 0.6) is 0 Å². The van der Waals surface area contributed by atoms with Crippen LogP contribution in [0.25, 0.3) is 11.0 Å². The normalized spacial score (nSPS) is 12.8. The van der Waals surface area contributed by atoms with Gasteiger partial charge in [0, 0.05) is 6.42 Å². The highest BCUT2D eigenvalue weighted by atomic mass is 16.6. The van der Waals surface area contributed by atoms with Crippen LogP contribution in [0.15, 0.2) is 48.5 Å². The number of hydrogen-bond donors (Lipinski definition) is 2. The van der Waals surface area contributed by atoms with Gasteiger partial charge in [-0.25, -0.2) is 10.2 Å². The predicted octanol–water partition coefficient (Wildman–Crippen LogP) is 3.19. The Morgan fingerprint density at radius 2 is 1.92 bits per heavy atom. The number of hydrogen-bond acceptors (Lipinski definition) is 5. The average Bonchev–Trinajstić information content (AvgIpc) is 2.98. The molecular formula is C19H22N4O3. The SMILES string of the molecule is CC(C)(C)OC(=O)Nn1nnc2cccc(CC(O)c3ccccc3)c21. The zero-order chi connectivity index (χ0) is 18.7. The first-order valence-electron chi connectivity index (χ1n) is 8.40. The lowest BCUT2D eigenvalue weighted by Gasteiger charge is -2.19. The standard InChI is InChI=1S/C19H22N4O3/c1-19(2,3)26-18(25)21-23-17-14(10-7-11-15(17)20-22-23)12-16(24)13-8-5-4-6-9-13/h4-11,16,24H,12H2,1-3H3,(H,21,25). The molecule has 3 rings (SSSR count). The van der Waals surface area contributed by atoms with Gasteiger partial charge in [-0.2, -0.15) is 0 Å². The van der Waals surface area contributed by atoms with Gasteiger partial charge in [0.15, 0.2) is 0 Å². The fourth-order valence-corrected chi connectivity index (χ4v) is 2.67. The fourth-order valence-electron chi connectivity index (χ4n) is 2.67. The zero-order valence-corrected chi connectivity index (χ0v) is 15.0. The molecular weight excluding hydrogens is 332 g/mol. The van der Waals surface area contributed by atoms with Crippen LogP contribution in [0, 0.1) is 0 Å². The average molecular weight is 354 g/mol. The second-order valence-corrected chi connectivity index (χ2v) is 7.03. The smallest absolute Gasteiger partial charge is 0.428 e. The molecule has 0 saturated heterocycles. The number of aliphatic hydroxyl groups is 1. The second-order valence-electron chi connectivity index (χ2n) is 7.03. The maximum atomic E-state index is 12.1. The quantitative estimate of drug-likeness (QED) is 0.751. The molecule has 0 aliphatic heterocycles. The highest BCUT2D eigenvalue weighted by molar-refractivity contribution is 5.83. The number of ether oxygens (including phenoxy) is 1. The lowest BCUT2D eigenvalue weighted by molar-refractivity contribution is 0.0610. The van der Waals surface area contributed by atoms with E-state index in [1.807, 2.05) is 42.5 Å². The summed E-state index contributed by atoms with van der Waals surface area (Å²) < 4.78 is 5.26. The molecule has 26 heavy (non-hydrogen) atoms. The van der Waals surface area contributed by atoms with E-state index in [4.69, 9.17) is 4.74 Å². The molecule has 7 nitrogen and oxygen atoms in total. The minimum atomic E-state index is -0.674. The van der Waals surface area contributed by atoms with Gasteiger partial charge < -0.3 is 9.84 Å². The number of amides is 1. The summed E-state index contributed by atoms with van der Waals surface area (Å²) in [5, 5.41) is 18.6. The molecule has 2 aromatic carbocycles. The van der Waals surface area contributed by atoms with Crippen LogP contribution < -0.4 is 5.43 Å². The van der Waals surface area contributed by atoms with Crippen LogP contribution in [0.4, 0.5) is 4.79 Å². The molecule has 136 valence electrons. The molecule has 0 fully saturated rings. The Morgan fingerprint density at radius 3 is 2.62 bits per heavy atom. The van der Waals surface area contributed by atoms with Gasteiger partial charge in [0.25, 0.3) is 0 Å². The van der Waals surface area contributed by atoms with Gasteiger partial charge in [-0.1, -0.05) is 42.5 Å². The van der Waals surface area contributed by atoms with Gasteiger partial charge in [0.05, 0.1) is 6.10 Å². The third-order valence-electron chi connectivity index (χ3n) is 3.75. The Balaban J connectivity index is 1.87. The van der Waals surface area contributed by atoms with E-state index in [2.05, 4.69) is 15.7 Å². The number of nitrogens with one attached hydrogen (secondary N) is 1. The van der Waals surface area contributed by atoms with Crippen molar-refractivity contribution in [3.63, 3.8) is 0 Å². The summed E-state index contributed by atoms with van der Waals surface area (Å²) in [6.07, 6.45) is -0.931. The Hall–Kier alpha value is -2.93. The summed E-state index contributed by atoms with van der Waals surface area (Å²) in [6.45, 7) is 5.36. The number of carbonyl (C=O) groups is 1. The minimum absolute atomic E-state index is 0.366. The summed E-state index contributed by atoms with van der Waals surface area (Å²) in [5.74, 6) is 0. The molecule has 1 amide bonds. The second kappa shape index (κ2) is 7.13. The Bertz CT molecular complexity index is 900. The highest BCUT2D eigenvalue weighted by Gasteiger charge is 2.19. The maximum absolute atomic E-state index is 12.1. The number of rotatable bonds is 4. The number of aliphatic hydroxyl groups excluding tert-OH is 1. The van der Waals surface area contributed by atoms with Crippen LogP contribution in [-0.2, 0) is 11.2 Å². The number of fused-ring (bicyclic) bond motifs is 1. The molecule has 1 atom stereocenters. The molecule has 0 spiro atoms. The monoisotopic (exact) mass is 354 g/mol. The topological polar surface area (TPSA) is 89.3 Å². The van der Waals surface area contributed by atoms with Crippen molar-refractivity contribution in [2.45, 2.75) is 38.9 Å². The van der Waals surface area contributed by atoms with E-state index in [0.29, 0.717) is 17.5 Å². The predicted molar refractivity (Wildman–Crippen MR) is 98.2 cm³/mol. The van der Waals surface area contributed by atoms with E-state index in [-0.39, 0.29) is 0 Å². The Morgan fingerprint density at radius 1 is 1.19 bits per heavy atom. The van der Waals surface area contributed by atoms with E-state index >= 15 is 0 Å². The molecule has 1 unspecified atom stereocenters. The van der Waals surface area contributed by atoms with Crippen LogP contribution in [0.1, 0.15) is 38.0 Å². The van der Waals surface area contributed by atoms with Crippen molar-refractivity contribution in [3.8, 4) is 0 Å². The summed E-state index contributed by atoms with van der Waals surface area (Å²) >= 11 is 0. The van der Waals surface area contributed by atoms with Crippen molar-refractivity contribution >= 4 is 17.1 Å². The van der Waals surface area contributed by atoms with Crippen molar-refractivity contribution in [1.29, 1.82) is 0 Å². The molecule has 7 heteroatoms. The highest BCUT2D eigenvalue weighted by Crippen LogP contribution is 2.23. The van der Waals surface area contributed by atoms with Gasteiger partial charge >= 0.3 is 6.09 Å². The molecule has 0 aliphatic carbocycles. The van der Waals surface area contributed by atoms with E-state index in [1.165, 1.54) is 4.79 Å². The number of carbonyl (C=O) groups excluding carboxylic acids is 1. The summed E-state index contributed by atoms with van der Waals surface area (Å²) in [4.78, 5) is 13.3. The molecule has 0 bridgehead atoms. The van der Waals surface area contributed by atoms with Gasteiger partial charge in [0.1, 0.15) is 16.6 Å². The maximum Gasteiger partial charge on any atom is 0.428 e. The van der Waals surface area contributed by atoms with Crippen LogP contribution >= 0.6 is 0 Å². The first-order valence-corrected chi connectivity index (χ1v) is 8.40. The zero-order valence-electron chi connectivity index (χ0n) is 15.0. The van der Waals surface area contributed by atoms with E-state index in [9.17, 15) is 9.90 Å². The first kappa shape index (κ1) is 17.9.